The fourth-order valence-corrected chi connectivity index (χ4v) is 9.02. The summed E-state index contributed by atoms with van der Waals surface area (Å²) in [5.74, 6) is 0.888. The van der Waals surface area contributed by atoms with Crippen LogP contribution in [0.4, 0.5) is 0 Å². The van der Waals surface area contributed by atoms with Crippen molar-refractivity contribution < 1.29 is 28.6 Å². The molecular formula is C59H114O6. The van der Waals surface area contributed by atoms with E-state index >= 15 is 0 Å². The largest absolute Gasteiger partial charge is 0.462 e. The van der Waals surface area contributed by atoms with Crippen molar-refractivity contribution in [1.29, 1.82) is 0 Å². The van der Waals surface area contributed by atoms with E-state index in [1.165, 1.54) is 218 Å². The van der Waals surface area contributed by atoms with Crippen LogP contribution in [0.25, 0.3) is 0 Å². The number of unbranched alkanes of at least 4 members (excludes halogenated alkanes) is 37. The van der Waals surface area contributed by atoms with Crippen LogP contribution in [0.5, 0.6) is 0 Å². The van der Waals surface area contributed by atoms with Crippen molar-refractivity contribution >= 4 is 17.9 Å². The number of hydrogen-bond donors (Lipinski definition) is 0. The molecule has 0 aliphatic heterocycles. The second kappa shape index (κ2) is 51.8. The minimum Gasteiger partial charge on any atom is -0.462 e. The maximum absolute atomic E-state index is 12.8. The highest BCUT2D eigenvalue weighted by atomic mass is 16.6. The van der Waals surface area contributed by atoms with E-state index in [-0.39, 0.29) is 31.1 Å². The normalized spacial score (nSPS) is 12.5. The van der Waals surface area contributed by atoms with Gasteiger partial charge in [0.05, 0.1) is 0 Å². The Labute approximate surface area is 406 Å². The van der Waals surface area contributed by atoms with Crippen LogP contribution in [0, 0.1) is 11.8 Å². The molecule has 65 heavy (non-hydrogen) atoms. The number of carbonyl (C=O) groups excluding carboxylic acids is 3. The Balaban J connectivity index is 4.21. The van der Waals surface area contributed by atoms with Gasteiger partial charge < -0.3 is 14.2 Å². The Hall–Kier alpha value is -1.59. The van der Waals surface area contributed by atoms with Gasteiger partial charge in [0.1, 0.15) is 13.2 Å². The molecule has 0 radical (unpaired) electrons. The van der Waals surface area contributed by atoms with Gasteiger partial charge in [-0.1, -0.05) is 291 Å². The van der Waals surface area contributed by atoms with Crippen LogP contribution >= 0.6 is 0 Å². The predicted octanol–water partition coefficient (Wildman–Crippen LogP) is 19.3. The first kappa shape index (κ1) is 63.4. The zero-order valence-corrected chi connectivity index (χ0v) is 44.6. The molecule has 0 spiro atoms. The van der Waals surface area contributed by atoms with Crippen LogP contribution in [0.3, 0.4) is 0 Å². The summed E-state index contributed by atoms with van der Waals surface area (Å²) in [5, 5.41) is 0. The first-order valence-corrected chi connectivity index (χ1v) is 29.3. The van der Waals surface area contributed by atoms with E-state index < -0.39 is 6.10 Å². The third-order valence-corrected chi connectivity index (χ3v) is 13.8. The molecule has 0 aromatic heterocycles. The van der Waals surface area contributed by atoms with Gasteiger partial charge >= 0.3 is 17.9 Å². The zero-order valence-electron chi connectivity index (χ0n) is 44.6. The lowest BCUT2D eigenvalue weighted by Crippen LogP contribution is -2.30. The van der Waals surface area contributed by atoms with E-state index in [0.717, 1.165) is 69.6 Å². The van der Waals surface area contributed by atoms with Crippen molar-refractivity contribution in [2.45, 2.75) is 336 Å². The summed E-state index contributed by atoms with van der Waals surface area (Å²) in [6, 6.07) is 0. The van der Waals surface area contributed by atoms with E-state index in [0.29, 0.717) is 19.3 Å². The molecule has 386 valence electrons. The van der Waals surface area contributed by atoms with Gasteiger partial charge in [0, 0.05) is 19.3 Å². The quantitative estimate of drug-likeness (QED) is 0.0344. The van der Waals surface area contributed by atoms with Crippen LogP contribution in [0.2, 0.25) is 0 Å². The highest BCUT2D eigenvalue weighted by molar-refractivity contribution is 5.71. The molecule has 0 N–H and O–H groups in total. The molecule has 0 fully saturated rings. The van der Waals surface area contributed by atoms with Gasteiger partial charge in [0.25, 0.3) is 0 Å². The molecule has 0 aromatic rings. The lowest BCUT2D eigenvalue weighted by atomic mass is 9.99. The third-order valence-electron chi connectivity index (χ3n) is 13.8. The number of hydrogen-bond acceptors (Lipinski definition) is 6. The van der Waals surface area contributed by atoms with Crippen molar-refractivity contribution in [2.24, 2.45) is 11.8 Å². The summed E-state index contributed by atoms with van der Waals surface area (Å²) in [6.45, 7) is 11.4. The van der Waals surface area contributed by atoms with Gasteiger partial charge in [-0.15, -0.1) is 0 Å². The van der Waals surface area contributed by atoms with Gasteiger partial charge in [0.15, 0.2) is 6.10 Å². The standard InChI is InChI=1S/C59H114O6/c1-6-8-9-10-11-12-13-23-31-36-41-46-51-59(62)65-56(53-64-58(61)50-45-40-35-30-26-25-27-32-37-42-47-54(3)4)52-63-57(60)49-44-39-34-29-24-21-19-17-15-14-16-18-20-22-28-33-38-43-48-55(5)7-2/h54-56H,6-53H2,1-5H3/t55?,56-/m0/s1. The first-order valence-electron chi connectivity index (χ1n) is 29.3. The predicted molar refractivity (Wildman–Crippen MR) is 280 cm³/mol. The van der Waals surface area contributed by atoms with Gasteiger partial charge in [-0.3, -0.25) is 14.4 Å². The number of rotatable bonds is 53. The van der Waals surface area contributed by atoms with Crippen LogP contribution in [0.15, 0.2) is 0 Å². The van der Waals surface area contributed by atoms with Crippen LogP contribution in [-0.2, 0) is 28.6 Å². The first-order chi connectivity index (χ1) is 31.8. The molecule has 0 rings (SSSR count). The summed E-state index contributed by atoms with van der Waals surface area (Å²) < 4.78 is 16.9. The maximum Gasteiger partial charge on any atom is 0.306 e. The molecule has 0 saturated carbocycles. The van der Waals surface area contributed by atoms with Gasteiger partial charge in [-0.25, -0.2) is 0 Å². The van der Waals surface area contributed by atoms with Crippen molar-refractivity contribution in [3.63, 3.8) is 0 Å². The summed E-state index contributed by atoms with van der Waals surface area (Å²) >= 11 is 0. The molecular weight excluding hydrogens is 805 g/mol. The molecule has 0 aliphatic rings. The van der Waals surface area contributed by atoms with E-state index in [1.807, 2.05) is 0 Å². The maximum atomic E-state index is 12.8. The van der Waals surface area contributed by atoms with Crippen LogP contribution in [0.1, 0.15) is 330 Å². The number of carbonyl (C=O) groups is 3. The van der Waals surface area contributed by atoms with Crippen molar-refractivity contribution in [3.8, 4) is 0 Å². The topological polar surface area (TPSA) is 78.9 Å². The molecule has 0 aliphatic carbocycles. The van der Waals surface area contributed by atoms with Crippen molar-refractivity contribution in [2.75, 3.05) is 13.2 Å². The second-order valence-corrected chi connectivity index (χ2v) is 21.0. The number of ether oxygens (including phenoxy) is 3. The third kappa shape index (κ3) is 51.6. The molecule has 6 heteroatoms. The smallest absolute Gasteiger partial charge is 0.306 e. The van der Waals surface area contributed by atoms with Crippen LogP contribution in [-0.4, -0.2) is 37.2 Å². The average molecular weight is 920 g/mol. The fourth-order valence-electron chi connectivity index (χ4n) is 9.02. The summed E-state index contributed by atoms with van der Waals surface area (Å²) in [6.07, 6.45) is 55.2. The Morgan fingerprint density at radius 1 is 0.323 bits per heavy atom. The highest BCUT2D eigenvalue weighted by Gasteiger charge is 2.19. The molecule has 0 aromatic carbocycles. The molecule has 2 atom stereocenters. The summed E-state index contributed by atoms with van der Waals surface area (Å²) in [5.41, 5.74) is 0. The molecule has 0 amide bonds. The molecule has 1 unspecified atom stereocenters. The summed E-state index contributed by atoms with van der Waals surface area (Å²) in [4.78, 5) is 38.1. The van der Waals surface area contributed by atoms with E-state index in [1.54, 1.807) is 0 Å². The van der Waals surface area contributed by atoms with Gasteiger partial charge in [-0.05, 0) is 31.1 Å². The van der Waals surface area contributed by atoms with Gasteiger partial charge in [-0.2, -0.15) is 0 Å². The van der Waals surface area contributed by atoms with Crippen LogP contribution < -0.4 is 0 Å². The second-order valence-electron chi connectivity index (χ2n) is 21.0. The highest BCUT2D eigenvalue weighted by Crippen LogP contribution is 2.19. The monoisotopic (exact) mass is 919 g/mol. The Morgan fingerprint density at radius 3 is 0.877 bits per heavy atom. The summed E-state index contributed by atoms with van der Waals surface area (Å²) in [7, 11) is 0. The average Bonchev–Trinajstić information content (AvgIpc) is 3.29. The Kier molecular flexibility index (Phi) is 50.5. The van der Waals surface area contributed by atoms with E-state index in [9.17, 15) is 14.4 Å². The Bertz CT molecular complexity index is 995. The minimum absolute atomic E-state index is 0.0627. The zero-order chi connectivity index (χ0) is 47.5. The van der Waals surface area contributed by atoms with E-state index in [4.69, 9.17) is 14.2 Å². The molecule has 0 bridgehead atoms. The lowest BCUT2D eigenvalue weighted by Gasteiger charge is -2.18. The number of esters is 3. The van der Waals surface area contributed by atoms with Crippen molar-refractivity contribution in [3.05, 3.63) is 0 Å². The molecule has 0 saturated heterocycles. The van der Waals surface area contributed by atoms with Crippen molar-refractivity contribution in [1.82, 2.24) is 0 Å². The lowest BCUT2D eigenvalue weighted by molar-refractivity contribution is -0.167. The Morgan fingerprint density at radius 2 is 0.585 bits per heavy atom. The van der Waals surface area contributed by atoms with Gasteiger partial charge in [0.2, 0.25) is 0 Å². The minimum atomic E-state index is -0.762. The van der Waals surface area contributed by atoms with E-state index in [2.05, 4.69) is 34.6 Å². The fraction of sp³-hybridized carbons (Fsp3) is 0.949. The molecule has 6 nitrogen and oxygen atoms in total. The molecule has 0 heterocycles. The SMILES string of the molecule is CCCCCCCCCCCCCCC(=O)O[C@@H](COC(=O)CCCCCCCCCCCCCCCCCCCCC(C)CC)COC(=O)CCCCCCCCCCCCC(C)C.